The predicted molar refractivity (Wildman–Crippen MR) is 127 cm³/mol. The number of rotatable bonds is 6. The Morgan fingerprint density at radius 1 is 1.38 bits per heavy atom. The van der Waals surface area contributed by atoms with Crippen LogP contribution >= 0.6 is 23.1 Å². The topological polar surface area (TPSA) is 80.4 Å². The number of hydrogen-bond donors (Lipinski definition) is 2. The zero-order chi connectivity index (χ0) is 21.1. The Bertz CT molecular complexity index is 950. The van der Waals surface area contributed by atoms with Gasteiger partial charge in [-0.05, 0) is 43.2 Å². The maximum atomic E-state index is 13.0. The Hall–Kier alpha value is -2.12. The van der Waals surface area contributed by atoms with Crippen molar-refractivity contribution in [3.8, 4) is 0 Å². The number of aromatic nitrogens is 1. The highest BCUT2D eigenvalue weighted by Crippen LogP contribution is 2.36. The Balaban J connectivity index is 1.75. The van der Waals surface area contributed by atoms with Crippen molar-refractivity contribution in [1.29, 1.82) is 0 Å². The van der Waals surface area contributed by atoms with Gasteiger partial charge in [0.25, 0.3) is 0 Å². The third kappa shape index (κ3) is 5.28. The molecular weight excluding hydrogens is 400 g/mol. The van der Waals surface area contributed by atoms with Crippen LogP contribution in [0.5, 0.6) is 0 Å². The van der Waals surface area contributed by atoms with E-state index in [2.05, 4.69) is 43.0 Å². The fraction of sp³-hybridized carbons (Fsp3) is 0.409. The molecule has 0 saturated carbocycles. The van der Waals surface area contributed by atoms with Gasteiger partial charge in [0, 0.05) is 34.3 Å². The number of nitrogens with two attached hydrogens (primary N) is 1. The van der Waals surface area contributed by atoms with Gasteiger partial charge in [-0.25, -0.2) is 4.98 Å². The van der Waals surface area contributed by atoms with E-state index in [1.54, 1.807) is 11.8 Å². The largest absolute Gasteiger partial charge is 0.382 e. The Morgan fingerprint density at radius 2 is 2.14 bits per heavy atom. The van der Waals surface area contributed by atoms with Crippen LogP contribution < -0.4 is 11.1 Å². The normalized spacial score (nSPS) is 22.3. The second-order valence-corrected chi connectivity index (χ2v) is 10.3. The van der Waals surface area contributed by atoms with Crippen LogP contribution in [-0.2, 0) is 0 Å². The van der Waals surface area contributed by atoms with Crippen LogP contribution in [0.25, 0.3) is 0 Å². The standard InChI is InChI=1S/C22H28N4OS2/c1-12(2)11-24-18-9-7-16(10-13(18)3)25-22-26-21(23)20(29-22)19(27)17-8-6-14(4)28-15(17)5/h6-9,11-14H,10,23H2,1-5H3,(H,25,26). The monoisotopic (exact) mass is 428 g/mol. The molecule has 1 aromatic rings. The summed E-state index contributed by atoms with van der Waals surface area (Å²) in [7, 11) is 0. The number of carbonyl (C=O) groups excluding carboxylic acids is 1. The first kappa shape index (κ1) is 21.6. The minimum Gasteiger partial charge on any atom is -0.382 e. The van der Waals surface area contributed by atoms with Gasteiger partial charge in [0.1, 0.15) is 10.7 Å². The fourth-order valence-corrected chi connectivity index (χ4v) is 5.00. The van der Waals surface area contributed by atoms with E-state index >= 15 is 0 Å². The van der Waals surface area contributed by atoms with Gasteiger partial charge >= 0.3 is 0 Å². The maximum absolute atomic E-state index is 13.0. The number of Topliss-reactive ketones (excluding diaryl/α,β-unsaturated/α-hetero) is 1. The zero-order valence-corrected chi connectivity index (χ0v) is 19.2. The number of nitrogens with zero attached hydrogens (tertiary/aromatic N) is 2. The van der Waals surface area contributed by atoms with E-state index in [0.717, 1.165) is 22.7 Å². The molecule has 5 nitrogen and oxygen atoms in total. The molecule has 0 spiro atoms. The van der Waals surface area contributed by atoms with Crippen LogP contribution in [0.2, 0.25) is 0 Å². The van der Waals surface area contributed by atoms with Crippen LogP contribution in [0.4, 0.5) is 10.9 Å². The highest BCUT2D eigenvalue weighted by Gasteiger charge is 2.24. The van der Waals surface area contributed by atoms with E-state index < -0.39 is 0 Å². The van der Waals surface area contributed by atoms with Gasteiger partial charge in [0.2, 0.25) is 5.78 Å². The smallest absolute Gasteiger partial charge is 0.207 e. The molecule has 3 N–H and O–H groups in total. The van der Waals surface area contributed by atoms with Crippen LogP contribution in [0.3, 0.4) is 0 Å². The number of carbonyl (C=O) groups is 1. The third-order valence-electron chi connectivity index (χ3n) is 4.66. The van der Waals surface area contributed by atoms with Crippen molar-refractivity contribution in [3.63, 3.8) is 0 Å². The van der Waals surface area contributed by atoms with Gasteiger partial charge in [0.15, 0.2) is 5.13 Å². The molecule has 1 aliphatic heterocycles. The van der Waals surface area contributed by atoms with Crippen molar-refractivity contribution in [2.45, 2.75) is 46.3 Å². The van der Waals surface area contributed by atoms with E-state index in [1.165, 1.54) is 11.3 Å². The van der Waals surface area contributed by atoms with Crippen molar-refractivity contribution in [2.24, 2.45) is 16.8 Å². The number of ketones is 1. The summed E-state index contributed by atoms with van der Waals surface area (Å²) < 4.78 is 0. The van der Waals surface area contributed by atoms with Crippen LogP contribution in [0.1, 0.15) is 50.7 Å². The minimum atomic E-state index is -0.0580. The molecule has 0 aromatic carbocycles. The summed E-state index contributed by atoms with van der Waals surface area (Å²) in [6.07, 6.45) is 10.8. The van der Waals surface area contributed by atoms with Crippen molar-refractivity contribution >= 4 is 46.0 Å². The lowest BCUT2D eigenvalue weighted by Gasteiger charge is -2.19. The molecule has 7 heteroatoms. The molecule has 2 unspecified atom stereocenters. The first-order valence-electron chi connectivity index (χ1n) is 9.83. The minimum absolute atomic E-state index is 0.0580. The molecule has 29 heavy (non-hydrogen) atoms. The van der Waals surface area contributed by atoms with E-state index in [-0.39, 0.29) is 11.6 Å². The number of thioether (sulfide) groups is 1. The van der Waals surface area contributed by atoms with Gasteiger partial charge in [-0.15, -0.1) is 11.8 Å². The number of allylic oxidation sites excluding steroid dienone is 7. The molecule has 2 heterocycles. The number of thiazole rings is 1. The second-order valence-electron chi connectivity index (χ2n) is 7.75. The first-order chi connectivity index (χ1) is 13.7. The van der Waals surface area contributed by atoms with Crippen molar-refractivity contribution in [2.75, 3.05) is 11.1 Å². The summed E-state index contributed by atoms with van der Waals surface area (Å²) >= 11 is 3.00. The molecule has 1 aromatic heterocycles. The maximum Gasteiger partial charge on any atom is 0.207 e. The Kier molecular flexibility index (Phi) is 6.80. The second kappa shape index (κ2) is 9.13. The van der Waals surface area contributed by atoms with Gasteiger partial charge in [-0.1, -0.05) is 44.3 Å². The lowest BCUT2D eigenvalue weighted by Crippen LogP contribution is -2.10. The van der Waals surface area contributed by atoms with E-state index in [9.17, 15) is 4.79 Å². The van der Waals surface area contributed by atoms with E-state index in [4.69, 9.17) is 5.73 Å². The highest BCUT2D eigenvalue weighted by atomic mass is 32.2. The molecule has 2 aliphatic rings. The van der Waals surface area contributed by atoms with Crippen molar-refractivity contribution in [3.05, 3.63) is 51.1 Å². The van der Waals surface area contributed by atoms with Gasteiger partial charge in [0.05, 0.1) is 0 Å². The van der Waals surface area contributed by atoms with Crippen LogP contribution in [0.15, 0.2) is 51.2 Å². The van der Waals surface area contributed by atoms with Gasteiger partial charge in [-0.3, -0.25) is 9.79 Å². The van der Waals surface area contributed by atoms with Crippen LogP contribution in [-0.4, -0.2) is 22.2 Å². The van der Waals surface area contributed by atoms with Crippen molar-refractivity contribution in [1.82, 2.24) is 4.98 Å². The third-order valence-corrected chi connectivity index (χ3v) is 6.74. The number of nitrogen functional groups attached to an aromatic ring is 1. The lowest BCUT2D eigenvalue weighted by molar-refractivity contribution is 0.104. The SMILES string of the molecule is CC1=C(C(=O)c2sc(NC3=CC=C(N=CC(C)C)C(C)C3)nc2N)C=CC(C)S1. The van der Waals surface area contributed by atoms with Crippen molar-refractivity contribution < 1.29 is 4.79 Å². The number of hydrogen-bond acceptors (Lipinski definition) is 7. The summed E-state index contributed by atoms with van der Waals surface area (Å²) in [6.45, 7) is 10.5. The molecule has 0 fully saturated rings. The number of aliphatic imine (C=N–C) groups is 1. The van der Waals surface area contributed by atoms with E-state index in [0.29, 0.717) is 32.7 Å². The lowest BCUT2D eigenvalue weighted by atomic mass is 9.96. The van der Waals surface area contributed by atoms with Gasteiger partial charge in [-0.2, -0.15) is 0 Å². The Labute approximate surface area is 181 Å². The van der Waals surface area contributed by atoms with Crippen LogP contribution in [0, 0.1) is 11.8 Å². The molecule has 0 bridgehead atoms. The molecule has 0 amide bonds. The summed E-state index contributed by atoms with van der Waals surface area (Å²) in [5, 5.41) is 4.36. The Morgan fingerprint density at radius 3 is 2.79 bits per heavy atom. The summed E-state index contributed by atoms with van der Waals surface area (Å²) in [5.41, 5.74) is 8.91. The average molecular weight is 429 g/mol. The van der Waals surface area contributed by atoms with Gasteiger partial charge < -0.3 is 11.1 Å². The summed E-state index contributed by atoms with van der Waals surface area (Å²) in [4.78, 5) is 23.4. The number of anilines is 2. The quantitative estimate of drug-likeness (QED) is 0.441. The fourth-order valence-electron chi connectivity index (χ4n) is 3.12. The summed E-state index contributed by atoms with van der Waals surface area (Å²) in [5.74, 6) is 0.967. The van der Waals surface area contributed by atoms with E-state index in [1.807, 2.05) is 37.4 Å². The molecule has 0 saturated heterocycles. The molecule has 2 atom stereocenters. The predicted octanol–water partition coefficient (Wildman–Crippen LogP) is 5.82. The number of nitrogens with one attached hydrogen (secondary N) is 1. The zero-order valence-electron chi connectivity index (χ0n) is 17.5. The average Bonchev–Trinajstić information content (AvgIpc) is 3.00. The molecule has 0 radical (unpaired) electrons. The highest BCUT2D eigenvalue weighted by molar-refractivity contribution is 8.03. The first-order valence-corrected chi connectivity index (χ1v) is 11.5. The molecule has 154 valence electrons. The molecular formula is C22H28N4OS2. The summed E-state index contributed by atoms with van der Waals surface area (Å²) in [6, 6.07) is 0. The molecule has 3 rings (SSSR count). The molecule has 1 aliphatic carbocycles.